The van der Waals surface area contributed by atoms with E-state index in [4.69, 9.17) is 4.74 Å². The quantitative estimate of drug-likeness (QED) is 0.458. The van der Waals surface area contributed by atoms with Crippen molar-refractivity contribution in [3.05, 3.63) is 74.6 Å². The van der Waals surface area contributed by atoms with Crippen LogP contribution in [0, 0.1) is 26.6 Å². The van der Waals surface area contributed by atoms with Crippen LogP contribution in [0.2, 0.25) is 0 Å². The van der Waals surface area contributed by atoms with Gasteiger partial charge in [0, 0.05) is 24.1 Å². The van der Waals surface area contributed by atoms with Crippen LogP contribution in [0.15, 0.2) is 35.1 Å². The molecule has 0 saturated heterocycles. The highest BCUT2D eigenvalue weighted by Crippen LogP contribution is 2.23. The average molecular weight is 408 g/mol. The summed E-state index contributed by atoms with van der Waals surface area (Å²) in [5.41, 5.74) is 4.00. The number of carbonyl (C=O) groups is 1. The van der Waals surface area contributed by atoms with Crippen molar-refractivity contribution in [1.29, 1.82) is 0 Å². The lowest BCUT2D eigenvalue weighted by atomic mass is 10.0. The van der Waals surface area contributed by atoms with Crippen molar-refractivity contribution in [2.75, 3.05) is 6.61 Å². The van der Waals surface area contributed by atoms with Crippen LogP contribution in [0.1, 0.15) is 41.9 Å². The number of benzene rings is 2. The van der Waals surface area contributed by atoms with Crippen LogP contribution < -0.4 is 5.56 Å². The number of fused-ring (bicyclic) bond motifs is 1. The molecule has 0 N–H and O–H groups in total. The van der Waals surface area contributed by atoms with Crippen molar-refractivity contribution in [2.45, 2.75) is 41.0 Å². The summed E-state index contributed by atoms with van der Waals surface area (Å²) in [5.74, 6) is -0.561. The second kappa shape index (κ2) is 8.61. The summed E-state index contributed by atoms with van der Waals surface area (Å²) in [4.78, 5) is 29.6. The Kier molecular flexibility index (Phi) is 6.15. The minimum atomic E-state index is -0.570. The molecule has 5 nitrogen and oxygen atoms in total. The third kappa shape index (κ3) is 4.03. The normalized spacial score (nSPS) is 11.4. The molecule has 0 fully saturated rings. The van der Waals surface area contributed by atoms with E-state index in [0.717, 1.165) is 28.5 Å². The first kappa shape index (κ1) is 21.4. The van der Waals surface area contributed by atoms with Gasteiger partial charge in [-0.05, 0) is 51.0 Å². The van der Waals surface area contributed by atoms with Crippen LogP contribution in [0.5, 0.6) is 0 Å². The van der Waals surface area contributed by atoms with E-state index in [1.165, 1.54) is 18.2 Å². The SMILES string of the molecule is CCOC(=O)/C=C/c1cc2c(=O)n(-c3c(C)cc(C)cc3C)c(CC)nc2cc1F. The standard InChI is InChI=1S/C24H25FN2O3/c1-6-21-26-20-13-19(25)17(8-9-22(28)30-7-2)12-18(20)24(29)27(21)23-15(4)10-14(3)11-16(23)5/h8-13H,6-7H2,1-5H3/b9-8+. The summed E-state index contributed by atoms with van der Waals surface area (Å²) >= 11 is 0. The first-order chi connectivity index (χ1) is 14.3. The second-order valence-corrected chi connectivity index (χ2v) is 7.25. The molecule has 0 aliphatic rings. The lowest BCUT2D eigenvalue weighted by molar-refractivity contribution is -0.137. The molecule has 3 rings (SSSR count). The van der Waals surface area contributed by atoms with Gasteiger partial charge in [-0.25, -0.2) is 14.2 Å². The molecule has 0 unspecified atom stereocenters. The number of hydrogen-bond donors (Lipinski definition) is 0. The minimum absolute atomic E-state index is 0.127. The predicted octanol–water partition coefficient (Wildman–Crippen LogP) is 4.59. The number of hydrogen-bond acceptors (Lipinski definition) is 4. The van der Waals surface area contributed by atoms with Gasteiger partial charge in [0.2, 0.25) is 0 Å². The van der Waals surface area contributed by atoms with E-state index in [0.29, 0.717) is 17.8 Å². The summed E-state index contributed by atoms with van der Waals surface area (Å²) in [6.07, 6.45) is 2.98. The zero-order valence-electron chi connectivity index (χ0n) is 17.9. The maximum Gasteiger partial charge on any atom is 0.330 e. The van der Waals surface area contributed by atoms with Crippen LogP contribution >= 0.6 is 0 Å². The second-order valence-electron chi connectivity index (χ2n) is 7.25. The molecule has 0 aliphatic heterocycles. The highest BCUT2D eigenvalue weighted by molar-refractivity contribution is 5.89. The molecule has 1 aromatic heterocycles. The molecule has 0 amide bonds. The van der Waals surface area contributed by atoms with Crippen LogP contribution in [0.4, 0.5) is 4.39 Å². The molecular formula is C24H25FN2O3. The predicted molar refractivity (Wildman–Crippen MR) is 117 cm³/mol. The largest absolute Gasteiger partial charge is 0.463 e. The lowest BCUT2D eigenvalue weighted by Gasteiger charge is -2.18. The average Bonchev–Trinajstić information content (AvgIpc) is 2.67. The van der Waals surface area contributed by atoms with Gasteiger partial charge in [-0.15, -0.1) is 0 Å². The van der Waals surface area contributed by atoms with E-state index < -0.39 is 11.8 Å². The van der Waals surface area contributed by atoms with Crippen LogP contribution in [-0.4, -0.2) is 22.1 Å². The molecule has 2 aromatic carbocycles. The monoisotopic (exact) mass is 408 g/mol. The van der Waals surface area contributed by atoms with E-state index in [1.807, 2.05) is 39.8 Å². The molecule has 30 heavy (non-hydrogen) atoms. The van der Waals surface area contributed by atoms with Crippen molar-refractivity contribution in [2.24, 2.45) is 0 Å². The number of halogens is 1. The third-order valence-electron chi connectivity index (χ3n) is 4.92. The van der Waals surface area contributed by atoms with E-state index in [9.17, 15) is 14.0 Å². The molecular weight excluding hydrogens is 383 g/mol. The number of aryl methyl sites for hydroxylation is 4. The molecule has 1 heterocycles. The van der Waals surface area contributed by atoms with Gasteiger partial charge < -0.3 is 4.74 Å². The Morgan fingerprint density at radius 3 is 2.40 bits per heavy atom. The summed E-state index contributed by atoms with van der Waals surface area (Å²) in [6, 6.07) is 6.72. The Morgan fingerprint density at radius 2 is 1.80 bits per heavy atom. The van der Waals surface area contributed by atoms with Gasteiger partial charge in [-0.2, -0.15) is 0 Å². The fourth-order valence-corrected chi connectivity index (χ4v) is 3.74. The van der Waals surface area contributed by atoms with Gasteiger partial charge in [-0.1, -0.05) is 24.6 Å². The Labute approximate surface area is 174 Å². The Bertz CT molecular complexity index is 1200. The number of nitrogens with zero attached hydrogens (tertiary/aromatic N) is 2. The maximum absolute atomic E-state index is 14.6. The summed E-state index contributed by atoms with van der Waals surface area (Å²) in [6.45, 7) is 9.77. The van der Waals surface area contributed by atoms with Gasteiger partial charge in [-0.3, -0.25) is 9.36 Å². The fraction of sp³-hybridized carbons (Fsp3) is 0.292. The summed E-state index contributed by atoms with van der Waals surface area (Å²) < 4.78 is 21.0. The van der Waals surface area contributed by atoms with Gasteiger partial charge in [0.15, 0.2) is 0 Å². The number of rotatable bonds is 5. The highest BCUT2D eigenvalue weighted by atomic mass is 19.1. The van der Waals surface area contributed by atoms with Crippen molar-refractivity contribution in [3.8, 4) is 5.69 Å². The van der Waals surface area contributed by atoms with Gasteiger partial charge in [0.25, 0.3) is 5.56 Å². The Balaban J connectivity index is 2.28. The van der Waals surface area contributed by atoms with Crippen molar-refractivity contribution in [1.82, 2.24) is 9.55 Å². The fourth-order valence-electron chi connectivity index (χ4n) is 3.74. The third-order valence-corrected chi connectivity index (χ3v) is 4.92. The molecule has 3 aromatic rings. The van der Waals surface area contributed by atoms with Crippen molar-refractivity contribution in [3.63, 3.8) is 0 Å². The van der Waals surface area contributed by atoms with Crippen LogP contribution in [-0.2, 0) is 16.0 Å². The number of carbonyl (C=O) groups excluding carboxylic acids is 1. The Morgan fingerprint density at radius 1 is 1.13 bits per heavy atom. The number of aromatic nitrogens is 2. The molecule has 156 valence electrons. The maximum atomic E-state index is 14.6. The van der Waals surface area contributed by atoms with Crippen LogP contribution in [0.25, 0.3) is 22.7 Å². The topological polar surface area (TPSA) is 61.2 Å². The lowest BCUT2D eigenvalue weighted by Crippen LogP contribution is -2.25. The van der Waals surface area contributed by atoms with Crippen molar-refractivity contribution >= 4 is 22.9 Å². The summed E-state index contributed by atoms with van der Waals surface area (Å²) in [7, 11) is 0. The number of ether oxygens (including phenoxy) is 1. The Hall–Kier alpha value is -3.28. The minimum Gasteiger partial charge on any atom is -0.463 e. The van der Waals surface area contributed by atoms with E-state index in [-0.39, 0.29) is 23.1 Å². The number of esters is 1. The van der Waals surface area contributed by atoms with Crippen molar-refractivity contribution < 1.29 is 13.9 Å². The molecule has 0 atom stereocenters. The first-order valence-corrected chi connectivity index (χ1v) is 9.95. The van der Waals surface area contributed by atoms with Gasteiger partial charge in [0.05, 0.1) is 23.2 Å². The first-order valence-electron chi connectivity index (χ1n) is 9.95. The zero-order valence-corrected chi connectivity index (χ0v) is 17.9. The molecule has 0 saturated carbocycles. The van der Waals surface area contributed by atoms with Gasteiger partial charge >= 0.3 is 5.97 Å². The van der Waals surface area contributed by atoms with E-state index in [1.54, 1.807) is 11.5 Å². The smallest absolute Gasteiger partial charge is 0.330 e. The molecule has 0 radical (unpaired) electrons. The van der Waals surface area contributed by atoms with Gasteiger partial charge in [0.1, 0.15) is 11.6 Å². The molecule has 0 spiro atoms. The van der Waals surface area contributed by atoms with E-state index >= 15 is 0 Å². The molecule has 0 aliphatic carbocycles. The highest BCUT2D eigenvalue weighted by Gasteiger charge is 2.17. The summed E-state index contributed by atoms with van der Waals surface area (Å²) in [5, 5.41) is 0.288. The zero-order chi connectivity index (χ0) is 22.0. The molecule has 0 bridgehead atoms. The van der Waals surface area contributed by atoms with E-state index in [2.05, 4.69) is 4.98 Å². The van der Waals surface area contributed by atoms with Crippen LogP contribution in [0.3, 0.4) is 0 Å². The molecule has 6 heteroatoms.